The van der Waals surface area contributed by atoms with Crippen LogP contribution in [-0.2, 0) is 6.42 Å². The van der Waals surface area contributed by atoms with E-state index >= 15 is 0 Å². The Hall–Kier alpha value is -3.14. The van der Waals surface area contributed by atoms with Crippen LogP contribution in [0.2, 0.25) is 0 Å². The third-order valence-electron chi connectivity index (χ3n) is 5.95. The fraction of sp³-hybridized carbons (Fsp3) is 0.280. The van der Waals surface area contributed by atoms with E-state index < -0.39 is 0 Å². The van der Waals surface area contributed by atoms with Gasteiger partial charge in [0.05, 0.1) is 5.52 Å². The fourth-order valence-corrected chi connectivity index (χ4v) is 4.27. The summed E-state index contributed by atoms with van der Waals surface area (Å²) in [5, 5.41) is 0.896. The molecule has 4 nitrogen and oxygen atoms in total. The number of allylic oxidation sites excluding steroid dienone is 1. The quantitative estimate of drug-likeness (QED) is 0.600. The summed E-state index contributed by atoms with van der Waals surface area (Å²) in [7, 11) is 0. The van der Waals surface area contributed by atoms with E-state index in [0.717, 1.165) is 54.4 Å². The Morgan fingerprint density at radius 3 is 2.52 bits per heavy atom. The van der Waals surface area contributed by atoms with Crippen molar-refractivity contribution in [3.8, 4) is 0 Å². The maximum atomic E-state index is 13.2. The maximum Gasteiger partial charge on any atom is 0.254 e. The predicted molar refractivity (Wildman–Crippen MR) is 116 cm³/mol. The summed E-state index contributed by atoms with van der Waals surface area (Å²) in [5.41, 5.74) is 3.80. The van der Waals surface area contributed by atoms with Crippen LogP contribution in [-0.4, -0.2) is 34.4 Å². The molecule has 2 heterocycles. The van der Waals surface area contributed by atoms with Gasteiger partial charge in [0.2, 0.25) is 0 Å². The molecule has 0 N–H and O–H groups in total. The van der Waals surface area contributed by atoms with E-state index in [1.54, 1.807) is 10.8 Å². The number of carbonyl (C=O) groups excluding carboxylic acids is 2. The van der Waals surface area contributed by atoms with Gasteiger partial charge in [-0.05, 0) is 67.5 Å². The highest BCUT2D eigenvalue weighted by atomic mass is 16.2. The molecule has 148 valence electrons. The number of benzene rings is 2. The number of rotatable bonds is 4. The zero-order valence-corrected chi connectivity index (χ0v) is 16.8. The summed E-state index contributed by atoms with van der Waals surface area (Å²) in [6.07, 6.45) is 6.18. The average molecular weight is 386 g/mol. The van der Waals surface area contributed by atoms with Crippen molar-refractivity contribution in [2.24, 2.45) is 5.92 Å². The molecule has 1 aliphatic rings. The SMILES string of the molecule is C=CC(=O)n1ccc2cc(C(=O)N3CCC(Cc4ccccc4)CC3)c(C)cc21. The Labute approximate surface area is 171 Å². The standard InChI is InChI=1S/C25H26N2O2/c1-3-24(28)27-14-11-21-17-22(18(2)15-23(21)27)25(29)26-12-9-20(10-13-26)16-19-7-5-4-6-8-19/h3-8,11,14-15,17,20H,1,9-10,12-13,16H2,2H3. The van der Waals surface area contributed by atoms with E-state index in [0.29, 0.717) is 5.92 Å². The number of hydrogen-bond donors (Lipinski definition) is 0. The van der Waals surface area contributed by atoms with Crippen molar-refractivity contribution in [3.63, 3.8) is 0 Å². The first-order valence-corrected chi connectivity index (χ1v) is 10.2. The number of piperidine rings is 1. The van der Waals surface area contributed by atoms with Gasteiger partial charge in [-0.1, -0.05) is 36.9 Å². The number of carbonyl (C=O) groups is 2. The zero-order valence-electron chi connectivity index (χ0n) is 16.8. The molecular weight excluding hydrogens is 360 g/mol. The monoisotopic (exact) mass is 386 g/mol. The molecule has 0 radical (unpaired) electrons. The molecule has 1 aliphatic heterocycles. The molecular formula is C25H26N2O2. The molecule has 4 rings (SSSR count). The Bertz CT molecular complexity index is 1060. The van der Waals surface area contributed by atoms with Crippen LogP contribution in [0.5, 0.6) is 0 Å². The highest BCUT2D eigenvalue weighted by molar-refractivity contribution is 6.03. The highest BCUT2D eigenvalue weighted by Gasteiger charge is 2.25. The van der Waals surface area contributed by atoms with Crippen molar-refractivity contribution >= 4 is 22.7 Å². The molecule has 0 saturated carbocycles. The van der Waals surface area contributed by atoms with Gasteiger partial charge >= 0.3 is 0 Å². The number of fused-ring (bicyclic) bond motifs is 1. The summed E-state index contributed by atoms with van der Waals surface area (Å²) < 4.78 is 1.57. The highest BCUT2D eigenvalue weighted by Crippen LogP contribution is 2.26. The van der Waals surface area contributed by atoms with Gasteiger partial charge in [0.1, 0.15) is 0 Å². The number of aryl methyl sites for hydroxylation is 1. The van der Waals surface area contributed by atoms with Gasteiger partial charge in [0.15, 0.2) is 0 Å². The largest absolute Gasteiger partial charge is 0.339 e. The molecule has 1 aromatic heterocycles. The third-order valence-corrected chi connectivity index (χ3v) is 5.95. The van der Waals surface area contributed by atoms with Crippen molar-refractivity contribution in [1.29, 1.82) is 0 Å². The number of amides is 1. The number of likely N-dealkylation sites (tertiary alicyclic amines) is 1. The summed E-state index contributed by atoms with van der Waals surface area (Å²) in [5.74, 6) is 0.549. The molecule has 0 unspecified atom stereocenters. The fourth-order valence-electron chi connectivity index (χ4n) is 4.27. The van der Waals surface area contributed by atoms with Gasteiger partial charge in [-0.15, -0.1) is 0 Å². The summed E-state index contributed by atoms with van der Waals surface area (Å²) >= 11 is 0. The third kappa shape index (κ3) is 3.88. The maximum absolute atomic E-state index is 13.2. The van der Waals surface area contributed by atoms with Crippen LogP contribution < -0.4 is 0 Å². The molecule has 4 heteroatoms. The van der Waals surface area contributed by atoms with Crippen molar-refractivity contribution in [2.75, 3.05) is 13.1 Å². The Morgan fingerprint density at radius 1 is 1.10 bits per heavy atom. The lowest BCUT2D eigenvalue weighted by Crippen LogP contribution is -2.39. The van der Waals surface area contributed by atoms with Gasteiger partial charge in [-0.25, -0.2) is 0 Å². The summed E-state index contributed by atoms with van der Waals surface area (Å²) in [6.45, 7) is 7.08. The second-order valence-electron chi connectivity index (χ2n) is 7.88. The minimum absolute atomic E-state index is 0.0883. The van der Waals surface area contributed by atoms with Crippen LogP contribution in [0.4, 0.5) is 0 Å². The summed E-state index contributed by atoms with van der Waals surface area (Å²) in [4.78, 5) is 27.1. The first kappa shape index (κ1) is 19.2. The molecule has 0 bridgehead atoms. The van der Waals surface area contributed by atoms with E-state index in [-0.39, 0.29) is 11.8 Å². The van der Waals surface area contributed by atoms with E-state index in [9.17, 15) is 9.59 Å². The van der Waals surface area contributed by atoms with Crippen LogP contribution in [0, 0.1) is 12.8 Å². The van der Waals surface area contributed by atoms with Crippen LogP contribution in [0.15, 0.2) is 67.4 Å². The van der Waals surface area contributed by atoms with Crippen LogP contribution >= 0.6 is 0 Å². The average Bonchev–Trinajstić information content (AvgIpc) is 3.16. The van der Waals surface area contributed by atoms with Crippen molar-refractivity contribution < 1.29 is 9.59 Å². The molecule has 29 heavy (non-hydrogen) atoms. The predicted octanol–water partition coefficient (Wildman–Crippen LogP) is 4.87. The van der Waals surface area contributed by atoms with E-state index in [4.69, 9.17) is 0 Å². The zero-order chi connectivity index (χ0) is 20.4. The van der Waals surface area contributed by atoms with Crippen molar-refractivity contribution in [2.45, 2.75) is 26.2 Å². The topological polar surface area (TPSA) is 42.3 Å². The normalized spacial score (nSPS) is 14.9. The van der Waals surface area contributed by atoms with Gasteiger partial charge in [0.25, 0.3) is 11.8 Å². The second-order valence-corrected chi connectivity index (χ2v) is 7.88. The van der Waals surface area contributed by atoms with Gasteiger partial charge in [-0.3, -0.25) is 14.2 Å². The Balaban J connectivity index is 1.47. The number of nitrogens with zero attached hydrogens (tertiary/aromatic N) is 2. The number of hydrogen-bond acceptors (Lipinski definition) is 2. The molecule has 1 fully saturated rings. The van der Waals surface area contributed by atoms with Gasteiger partial charge < -0.3 is 4.90 Å². The Kier molecular flexibility index (Phi) is 5.34. The lowest BCUT2D eigenvalue weighted by molar-refractivity contribution is 0.0690. The van der Waals surface area contributed by atoms with Crippen molar-refractivity contribution in [1.82, 2.24) is 9.47 Å². The van der Waals surface area contributed by atoms with E-state index in [1.165, 1.54) is 11.6 Å². The van der Waals surface area contributed by atoms with Gasteiger partial charge in [0, 0.05) is 30.2 Å². The van der Waals surface area contributed by atoms with E-state index in [2.05, 4.69) is 30.8 Å². The molecule has 0 spiro atoms. The first-order valence-electron chi connectivity index (χ1n) is 10.2. The van der Waals surface area contributed by atoms with Crippen molar-refractivity contribution in [3.05, 3.63) is 84.1 Å². The molecule has 2 aromatic carbocycles. The first-order chi connectivity index (χ1) is 14.1. The molecule has 1 amide bonds. The smallest absolute Gasteiger partial charge is 0.254 e. The minimum atomic E-state index is -0.168. The van der Waals surface area contributed by atoms with Crippen LogP contribution in [0.25, 0.3) is 10.9 Å². The lowest BCUT2D eigenvalue weighted by atomic mass is 9.90. The van der Waals surface area contributed by atoms with Crippen LogP contribution in [0.1, 0.15) is 39.1 Å². The summed E-state index contributed by atoms with van der Waals surface area (Å²) in [6, 6.07) is 16.3. The van der Waals surface area contributed by atoms with Gasteiger partial charge in [-0.2, -0.15) is 0 Å². The molecule has 0 aliphatic carbocycles. The second kappa shape index (κ2) is 8.08. The minimum Gasteiger partial charge on any atom is -0.339 e. The lowest BCUT2D eigenvalue weighted by Gasteiger charge is -2.32. The van der Waals surface area contributed by atoms with E-state index in [1.807, 2.05) is 36.1 Å². The Morgan fingerprint density at radius 2 is 1.83 bits per heavy atom. The van der Waals surface area contributed by atoms with Crippen LogP contribution in [0.3, 0.4) is 0 Å². The molecule has 1 saturated heterocycles. The number of aromatic nitrogens is 1. The molecule has 0 atom stereocenters. The molecule has 3 aromatic rings.